The van der Waals surface area contributed by atoms with Gasteiger partial charge in [0.05, 0.1) is 6.61 Å². The minimum atomic E-state index is -0.305. The molecule has 2 aromatic rings. The topological polar surface area (TPSA) is 43.8 Å². The summed E-state index contributed by atoms with van der Waals surface area (Å²) in [6.07, 6.45) is 0.896. The van der Waals surface area contributed by atoms with Crippen molar-refractivity contribution in [1.29, 1.82) is 0 Å². The van der Waals surface area contributed by atoms with Gasteiger partial charge < -0.3 is 10.0 Å². The normalized spacial score (nSPS) is 17.2. The maximum atomic E-state index is 13.9. The van der Waals surface area contributed by atoms with Crippen LogP contribution < -0.4 is 0 Å². The molecular weight excluding hydrogens is 307 g/mol. The van der Waals surface area contributed by atoms with E-state index in [4.69, 9.17) is 0 Å². The average molecular weight is 330 g/mol. The molecule has 1 N–H and O–H groups in total. The van der Waals surface area contributed by atoms with Crippen molar-refractivity contribution in [2.75, 3.05) is 32.8 Å². The van der Waals surface area contributed by atoms with E-state index in [1.165, 1.54) is 6.07 Å². The van der Waals surface area contributed by atoms with Crippen molar-refractivity contribution in [3.63, 3.8) is 0 Å². The first kappa shape index (κ1) is 16.9. The maximum Gasteiger partial charge on any atom is 0.254 e. The van der Waals surface area contributed by atoms with Crippen molar-refractivity contribution >= 4 is 16.7 Å². The summed E-state index contributed by atoms with van der Waals surface area (Å²) in [5.41, 5.74) is 0.551. The van der Waals surface area contributed by atoms with E-state index in [9.17, 15) is 14.3 Å². The molecule has 1 unspecified atom stereocenters. The molecule has 1 saturated heterocycles. The van der Waals surface area contributed by atoms with Gasteiger partial charge in [0.15, 0.2) is 0 Å². The number of hydrogen-bond donors (Lipinski definition) is 1. The summed E-state index contributed by atoms with van der Waals surface area (Å²) in [4.78, 5) is 16.9. The predicted octanol–water partition coefficient (Wildman–Crippen LogP) is 2.51. The van der Waals surface area contributed by atoms with Crippen LogP contribution in [-0.4, -0.2) is 59.6 Å². The third-order valence-corrected chi connectivity index (χ3v) is 4.90. The van der Waals surface area contributed by atoms with E-state index in [1.54, 1.807) is 24.3 Å². The molecule has 1 heterocycles. The van der Waals surface area contributed by atoms with Crippen molar-refractivity contribution in [2.24, 2.45) is 0 Å². The van der Waals surface area contributed by atoms with E-state index in [2.05, 4.69) is 11.8 Å². The van der Waals surface area contributed by atoms with Crippen LogP contribution in [0, 0.1) is 5.82 Å². The quantitative estimate of drug-likeness (QED) is 0.937. The number of aliphatic hydroxyl groups is 1. The maximum absolute atomic E-state index is 13.9. The number of nitrogens with zero attached hydrogens (tertiary/aromatic N) is 2. The Kier molecular flexibility index (Phi) is 5.11. The number of halogens is 1. The first-order chi connectivity index (χ1) is 11.7. The number of aliphatic hydroxyl groups excluding tert-OH is 1. The molecule has 1 aliphatic heterocycles. The molecule has 1 atom stereocenters. The number of fused-ring (bicyclic) bond motifs is 1. The van der Waals surface area contributed by atoms with Crippen molar-refractivity contribution < 1.29 is 14.3 Å². The van der Waals surface area contributed by atoms with Gasteiger partial charge in [0, 0.05) is 43.2 Å². The Morgan fingerprint density at radius 3 is 2.42 bits per heavy atom. The highest BCUT2D eigenvalue weighted by Gasteiger charge is 2.26. The average Bonchev–Trinajstić information content (AvgIpc) is 2.63. The van der Waals surface area contributed by atoms with Gasteiger partial charge in [-0.25, -0.2) is 4.39 Å². The molecule has 1 aliphatic rings. The fraction of sp³-hybridized carbons (Fsp3) is 0.421. The Bertz CT molecular complexity index is 722. The third-order valence-electron chi connectivity index (χ3n) is 4.90. The Morgan fingerprint density at radius 1 is 1.12 bits per heavy atom. The SMILES string of the molecule is CCC(CO)N1CCN(C(=O)c2ccc(F)c3ccccc23)CC1. The van der Waals surface area contributed by atoms with Crippen LogP contribution in [0.4, 0.5) is 4.39 Å². The predicted molar refractivity (Wildman–Crippen MR) is 92.5 cm³/mol. The lowest BCUT2D eigenvalue weighted by Gasteiger charge is -2.38. The molecule has 24 heavy (non-hydrogen) atoms. The van der Waals surface area contributed by atoms with Gasteiger partial charge in [0.25, 0.3) is 5.91 Å². The van der Waals surface area contributed by atoms with Crippen LogP contribution in [0.1, 0.15) is 23.7 Å². The highest BCUT2D eigenvalue weighted by Crippen LogP contribution is 2.23. The van der Waals surface area contributed by atoms with Crippen molar-refractivity contribution in [3.8, 4) is 0 Å². The lowest BCUT2D eigenvalue weighted by molar-refractivity contribution is 0.0474. The van der Waals surface area contributed by atoms with Gasteiger partial charge in [0.2, 0.25) is 0 Å². The summed E-state index contributed by atoms with van der Waals surface area (Å²) >= 11 is 0. The molecular formula is C19H23FN2O2. The van der Waals surface area contributed by atoms with Gasteiger partial charge in [-0.1, -0.05) is 31.2 Å². The number of benzene rings is 2. The van der Waals surface area contributed by atoms with Crippen LogP contribution in [0.25, 0.3) is 10.8 Å². The highest BCUT2D eigenvalue weighted by atomic mass is 19.1. The molecule has 0 spiro atoms. The molecule has 0 saturated carbocycles. The number of amides is 1. The molecule has 0 aromatic heterocycles. The van der Waals surface area contributed by atoms with E-state index in [0.29, 0.717) is 29.4 Å². The van der Waals surface area contributed by atoms with Gasteiger partial charge in [-0.3, -0.25) is 9.69 Å². The first-order valence-electron chi connectivity index (χ1n) is 8.47. The second-order valence-electron chi connectivity index (χ2n) is 6.21. The number of hydrogen-bond acceptors (Lipinski definition) is 3. The molecule has 2 aromatic carbocycles. The number of carbonyl (C=O) groups excluding carboxylic acids is 1. The van der Waals surface area contributed by atoms with Gasteiger partial charge in [-0.15, -0.1) is 0 Å². The van der Waals surface area contributed by atoms with Crippen LogP contribution in [0.15, 0.2) is 36.4 Å². The van der Waals surface area contributed by atoms with Crippen LogP contribution in [0.2, 0.25) is 0 Å². The largest absolute Gasteiger partial charge is 0.395 e. The molecule has 0 aliphatic carbocycles. The smallest absolute Gasteiger partial charge is 0.254 e. The van der Waals surface area contributed by atoms with E-state index >= 15 is 0 Å². The number of rotatable bonds is 4. The molecule has 1 amide bonds. The Morgan fingerprint density at radius 2 is 1.79 bits per heavy atom. The first-order valence-corrected chi connectivity index (χ1v) is 8.47. The Hall–Kier alpha value is -1.98. The van der Waals surface area contributed by atoms with Crippen LogP contribution in [0.5, 0.6) is 0 Å². The number of piperazine rings is 1. The zero-order chi connectivity index (χ0) is 17.1. The summed E-state index contributed by atoms with van der Waals surface area (Å²) < 4.78 is 13.9. The Balaban J connectivity index is 1.78. The zero-order valence-corrected chi connectivity index (χ0v) is 13.9. The summed E-state index contributed by atoms with van der Waals surface area (Å²) in [7, 11) is 0. The van der Waals surface area contributed by atoms with Crippen molar-refractivity contribution in [2.45, 2.75) is 19.4 Å². The molecule has 0 radical (unpaired) electrons. The molecule has 5 heteroatoms. The lowest BCUT2D eigenvalue weighted by Crippen LogP contribution is -2.52. The summed E-state index contributed by atoms with van der Waals surface area (Å²) in [6.45, 7) is 4.96. The van der Waals surface area contributed by atoms with Gasteiger partial charge in [-0.2, -0.15) is 0 Å². The van der Waals surface area contributed by atoms with Crippen LogP contribution >= 0.6 is 0 Å². The molecule has 1 fully saturated rings. The minimum absolute atomic E-state index is 0.0529. The number of carbonyl (C=O) groups is 1. The monoisotopic (exact) mass is 330 g/mol. The van der Waals surface area contributed by atoms with E-state index < -0.39 is 0 Å². The van der Waals surface area contributed by atoms with E-state index in [-0.39, 0.29) is 24.4 Å². The molecule has 4 nitrogen and oxygen atoms in total. The summed E-state index contributed by atoms with van der Waals surface area (Å²) in [5, 5.41) is 10.6. The lowest BCUT2D eigenvalue weighted by atomic mass is 10.0. The highest BCUT2D eigenvalue weighted by molar-refractivity contribution is 6.07. The van der Waals surface area contributed by atoms with Gasteiger partial charge in [-0.05, 0) is 23.9 Å². The fourth-order valence-corrected chi connectivity index (χ4v) is 3.41. The molecule has 128 valence electrons. The van der Waals surface area contributed by atoms with Crippen molar-refractivity contribution in [3.05, 3.63) is 47.8 Å². The zero-order valence-electron chi connectivity index (χ0n) is 13.9. The van der Waals surface area contributed by atoms with Gasteiger partial charge in [0.1, 0.15) is 5.82 Å². The summed E-state index contributed by atoms with van der Waals surface area (Å²) in [5.74, 6) is -0.358. The van der Waals surface area contributed by atoms with Crippen LogP contribution in [0.3, 0.4) is 0 Å². The standard InChI is InChI=1S/C19H23FN2O2/c1-2-14(13-23)21-9-11-22(12-10-21)19(24)17-7-8-18(20)16-6-4-3-5-15(16)17/h3-8,14,23H,2,9-13H2,1H3. The van der Waals surface area contributed by atoms with E-state index in [0.717, 1.165) is 19.5 Å². The molecule has 3 rings (SSSR count). The van der Waals surface area contributed by atoms with Crippen molar-refractivity contribution in [1.82, 2.24) is 9.80 Å². The van der Waals surface area contributed by atoms with Crippen LogP contribution in [-0.2, 0) is 0 Å². The third kappa shape index (κ3) is 3.14. The Labute approximate surface area is 141 Å². The second kappa shape index (κ2) is 7.28. The second-order valence-corrected chi connectivity index (χ2v) is 6.21. The summed E-state index contributed by atoms with van der Waals surface area (Å²) in [6, 6.07) is 10.2. The van der Waals surface area contributed by atoms with Gasteiger partial charge >= 0.3 is 0 Å². The minimum Gasteiger partial charge on any atom is -0.395 e. The van der Waals surface area contributed by atoms with E-state index in [1.807, 2.05) is 11.0 Å². The fourth-order valence-electron chi connectivity index (χ4n) is 3.41. The molecule has 0 bridgehead atoms.